The fourth-order valence-electron chi connectivity index (χ4n) is 0.810. The molecule has 78 valence electrons. The van der Waals surface area contributed by atoms with E-state index < -0.39 is 4.92 Å². The van der Waals surface area contributed by atoms with Crippen molar-refractivity contribution in [1.82, 2.24) is 0 Å². The van der Waals surface area contributed by atoms with E-state index in [4.69, 9.17) is 0 Å². The molecule has 14 heavy (non-hydrogen) atoms. The first kappa shape index (κ1) is 13.6. The Morgan fingerprint density at radius 2 is 2.00 bits per heavy atom. The van der Waals surface area contributed by atoms with E-state index >= 15 is 0 Å². The average molecular weight is 325 g/mol. The molecule has 1 aromatic rings. The minimum atomic E-state index is -0.407. The van der Waals surface area contributed by atoms with Crippen LogP contribution in [0.5, 0.6) is 0 Å². The van der Waals surface area contributed by atoms with Gasteiger partial charge < -0.3 is 0 Å². The minimum absolute atomic E-state index is 0.104. The summed E-state index contributed by atoms with van der Waals surface area (Å²) in [4.78, 5) is 10.0. The van der Waals surface area contributed by atoms with E-state index in [-0.39, 0.29) is 5.69 Å². The third-order valence-corrected chi connectivity index (χ3v) is 2.92. The molecule has 5 heteroatoms. The van der Waals surface area contributed by atoms with E-state index in [0.29, 0.717) is 9.80 Å². The molecule has 0 aromatic heterocycles. The normalized spacial score (nSPS) is 8.86. The Morgan fingerprint density at radius 1 is 1.43 bits per heavy atom. The molecule has 0 bridgehead atoms. The lowest BCUT2D eigenvalue weighted by atomic mass is 10.2. The van der Waals surface area contributed by atoms with Gasteiger partial charge in [-0.15, -0.1) is 0 Å². The monoisotopic (exact) mass is 323 g/mol. The van der Waals surface area contributed by atoms with Crippen LogP contribution in [0.3, 0.4) is 0 Å². The van der Waals surface area contributed by atoms with Crippen molar-refractivity contribution in [3.05, 3.63) is 38.3 Å². The molecule has 0 aliphatic carbocycles. The molecule has 0 atom stereocenters. The molecule has 0 N–H and O–H groups in total. The summed E-state index contributed by atoms with van der Waals surface area (Å²) in [5.41, 5.74) is 0.983. The molecule has 0 saturated heterocycles. The SMILES string of the molecule is CC.O=[N+]([O-])c1cccc(CBr)c1Br. The van der Waals surface area contributed by atoms with Crippen molar-refractivity contribution >= 4 is 37.5 Å². The van der Waals surface area contributed by atoms with Gasteiger partial charge >= 0.3 is 0 Å². The molecule has 0 saturated carbocycles. The number of rotatable bonds is 2. The molecular formula is C9H11Br2NO2. The Bertz CT molecular complexity index is 316. The Labute approximate surface area is 99.9 Å². The Hall–Kier alpha value is -0.420. The fraction of sp³-hybridized carbons (Fsp3) is 0.333. The van der Waals surface area contributed by atoms with Crippen LogP contribution in [0.1, 0.15) is 19.4 Å². The number of benzene rings is 1. The molecule has 0 spiro atoms. The zero-order valence-corrected chi connectivity index (χ0v) is 11.1. The van der Waals surface area contributed by atoms with E-state index in [2.05, 4.69) is 31.9 Å². The summed E-state index contributed by atoms with van der Waals surface area (Å²) in [5, 5.41) is 11.1. The van der Waals surface area contributed by atoms with Gasteiger partial charge in [0, 0.05) is 11.4 Å². The van der Waals surface area contributed by atoms with Crippen LogP contribution in [0.15, 0.2) is 22.7 Å². The first-order chi connectivity index (χ1) is 6.66. The van der Waals surface area contributed by atoms with Crippen LogP contribution in [0.4, 0.5) is 5.69 Å². The maximum atomic E-state index is 10.5. The molecule has 0 amide bonds. The number of hydrogen-bond donors (Lipinski definition) is 0. The number of hydrogen-bond acceptors (Lipinski definition) is 2. The summed E-state index contributed by atoms with van der Waals surface area (Å²) >= 11 is 6.41. The van der Waals surface area contributed by atoms with Crippen molar-refractivity contribution in [1.29, 1.82) is 0 Å². The van der Waals surface area contributed by atoms with Gasteiger partial charge in [0.2, 0.25) is 0 Å². The molecule has 0 aliphatic rings. The number of nitro benzene ring substituents is 1. The number of nitrogens with zero attached hydrogens (tertiary/aromatic N) is 1. The van der Waals surface area contributed by atoms with Gasteiger partial charge in [-0.2, -0.15) is 0 Å². The molecule has 1 aromatic carbocycles. The fourth-order valence-corrected chi connectivity index (χ4v) is 2.20. The zero-order valence-electron chi connectivity index (χ0n) is 7.96. The number of nitro groups is 1. The van der Waals surface area contributed by atoms with Crippen LogP contribution in [-0.4, -0.2) is 4.92 Å². The highest BCUT2D eigenvalue weighted by molar-refractivity contribution is 9.11. The van der Waals surface area contributed by atoms with Crippen LogP contribution < -0.4 is 0 Å². The van der Waals surface area contributed by atoms with Crippen LogP contribution in [0, 0.1) is 10.1 Å². The molecule has 0 radical (unpaired) electrons. The average Bonchev–Trinajstić information content (AvgIpc) is 2.21. The van der Waals surface area contributed by atoms with Gasteiger partial charge in [0.25, 0.3) is 5.69 Å². The van der Waals surface area contributed by atoms with Gasteiger partial charge in [-0.25, -0.2) is 0 Å². The highest BCUT2D eigenvalue weighted by Gasteiger charge is 2.13. The van der Waals surface area contributed by atoms with Gasteiger partial charge in [-0.3, -0.25) is 10.1 Å². The Morgan fingerprint density at radius 3 is 2.43 bits per heavy atom. The molecule has 1 rings (SSSR count). The Kier molecular flexibility index (Phi) is 6.74. The highest BCUT2D eigenvalue weighted by atomic mass is 79.9. The summed E-state index contributed by atoms with van der Waals surface area (Å²) in [7, 11) is 0. The van der Waals surface area contributed by atoms with Gasteiger partial charge in [0.1, 0.15) is 0 Å². The van der Waals surface area contributed by atoms with Crippen LogP contribution in [0.2, 0.25) is 0 Å². The number of halogens is 2. The van der Waals surface area contributed by atoms with Gasteiger partial charge in [0.05, 0.1) is 9.40 Å². The smallest absolute Gasteiger partial charge is 0.258 e. The third kappa shape index (κ3) is 3.38. The lowest BCUT2D eigenvalue weighted by molar-refractivity contribution is -0.385. The van der Waals surface area contributed by atoms with Crippen LogP contribution in [-0.2, 0) is 5.33 Å². The predicted octanol–water partition coefficient (Wildman–Crippen LogP) is 4.28. The summed E-state index contributed by atoms with van der Waals surface area (Å²) in [6.07, 6.45) is 0. The van der Waals surface area contributed by atoms with E-state index in [9.17, 15) is 10.1 Å². The standard InChI is InChI=1S/C7H5Br2NO2.C2H6/c8-4-5-2-1-3-6(7(5)9)10(11)12;1-2/h1-3H,4H2;1-2H3. The quantitative estimate of drug-likeness (QED) is 0.463. The Balaban J connectivity index is 0.000000791. The predicted molar refractivity (Wildman–Crippen MR) is 64.8 cm³/mol. The molecule has 0 fully saturated rings. The van der Waals surface area contributed by atoms with Crippen molar-refractivity contribution in [2.75, 3.05) is 0 Å². The lowest BCUT2D eigenvalue weighted by Crippen LogP contribution is -1.91. The first-order valence-electron chi connectivity index (χ1n) is 4.14. The van der Waals surface area contributed by atoms with Crippen molar-refractivity contribution in [3.63, 3.8) is 0 Å². The second kappa shape index (κ2) is 6.95. The third-order valence-electron chi connectivity index (χ3n) is 1.40. The topological polar surface area (TPSA) is 43.1 Å². The van der Waals surface area contributed by atoms with E-state index in [0.717, 1.165) is 5.56 Å². The van der Waals surface area contributed by atoms with Gasteiger partial charge in [0.15, 0.2) is 0 Å². The second-order valence-corrected chi connectivity index (χ2v) is 3.49. The molecular weight excluding hydrogens is 314 g/mol. The minimum Gasteiger partial charge on any atom is -0.258 e. The van der Waals surface area contributed by atoms with E-state index in [1.54, 1.807) is 6.07 Å². The molecule has 0 aliphatic heterocycles. The van der Waals surface area contributed by atoms with Crippen molar-refractivity contribution < 1.29 is 4.92 Å². The maximum absolute atomic E-state index is 10.5. The largest absolute Gasteiger partial charge is 0.283 e. The first-order valence-corrected chi connectivity index (χ1v) is 6.06. The van der Waals surface area contributed by atoms with Crippen LogP contribution >= 0.6 is 31.9 Å². The van der Waals surface area contributed by atoms with Crippen molar-refractivity contribution in [3.8, 4) is 0 Å². The van der Waals surface area contributed by atoms with E-state index in [1.165, 1.54) is 6.07 Å². The molecule has 3 nitrogen and oxygen atoms in total. The van der Waals surface area contributed by atoms with Gasteiger partial charge in [-0.05, 0) is 21.5 Å². The lowest BCUT2D eigenvalue weighted by Gasteiger charge is -1.99. The van der Waals surface area contributed by atoms with Crippen LogP contribution in [0.25, 0.3) is 0 Å². The number of alkyl halides is 1. The highest BCUT2D eigenvalue weighted by Crippen LogP contribution is 2.29. The summed E-state index contributed by atoms with van der Waals surface area (Å²) in [6.45, 7) is 4.00. The summed E-state index contributed by atoms with van der Waals surface area (Å²) < 4.78 is 0.548. The van der Waals surface area contributed by atoms with E-state index in [1.807, 2.05) is 19.9 Å². The van der Waals surface area contributed by atoms with Crippen molar-refractivity contribution in [2.24, 2.45) is 0 Å². The second-order valence-electron chi connectivity index (χ2n) is 2.14. The summed E-state index contributed by atoms with van der Waals surface area (Å²) in [6, 6.07) is 4.96. The zero-order chi connectivity index (χ0) is 11.1. The maximum Gasteiger partial charge on any atom is 0.283 e. The summed E-state index contributed by atoms with van der Waals surface area (Å²) in [5.74, 6) is 0. The van der Waals surface area contributed by atoms with Gasteiger partial charge in [-0.1, -0.05) is 41.9 Å². The molecule has 0 unspecified atom stereocenters. The van der Waals surface area contributed by atoms with Crippen molar-refractivity contribution in [2.45, 2.75) is 19.2 Å². The molecule has 0 heterocycles.